The van der Waals surface area contributed by atoms with E-state index in [9.17, 15) is 35.4 Å². The molecule has 4 aliphatic heterocycles. The number of ether oxygens (including phenoxy) is 2. The Morgan fingerprint density at radius 2 is 1.72 bits per heavy atom. The van der Waals surface area contributed by atoms with E-state index < -0.39 is 64.3 Å². The first-order chi connectivity index (χ1) is 32.7. The lowest BCUT2D eigenvalue weighted by molar-refractivity contribution is -0.366. The molecular weight excluding hydrogens is 867 g/mol. The number of anilines is 1. The van der Waals surface area contributed by atoms with Gasteiger partial charge >= 0.3 is 0 Å². The zero-order valence-electron chi connectivity index (χ0n) is 37.6. The van der Waals surface area contributed by atoms with E-state index in [4.69, 9.17) is 14.5 Å². The monoisotopic (exact) mass is 919 g/mol. The number of aromatic hydroxyl groups is 1. The lowest BCUT2D eigenvalue weighted by Gasteiger charge is -2.64. The summed E-state index contributed by atoms with van der Waals surface area (Å²) in [5, 5.41) is 81.0. The number of rotatable bonds is 2. The van der Waals surface area contributed by atoms with Crippen molar-refractivity contribution in [2.24, 2.45) is 16.2 Å². The van der Waals surface area contributed by atoms with Crippen LogP contribution >= 0.6 is 0 Å². The average Bonchev–Trinajstić information content (AvgIpc) is 4.19. The summed E-state index contributed by atoms with van der Waals surface area (Å²) in [6.07, 6.45) is 7.40. The van der Waals surface area contributed by atoms with Crippen LogP contribution in [0, 0.1) is 23.2 Å². The van der Waals surface area contributed by atoms with Gasteiger partial charge in [0.2, 0.25) is 5.78 Å². The standard InChI is InChI=1S/C53H53N5O10/c1-24-13-30-37(34(59)14-24)43(62)39-35-17-28-27(38(39)42(30)61)6-12-55-47(28)56-21-36(60)51-9-4-5-32(51)29-16-25(15-26-20-54-23-57-26)58-41(29)31-18-52(67-35)45(64)44(63)46(65)53(68-52)40(31)33(51)19-50(48(53)66)11-10-49(22-50)7-2-3-8-49/h6,12-14,16-18,20,23,32,36,44-46,48,58-60,63-66H,2-5,7-11,15,19,21-22H2,1H3,(H,54,57)(H,55,56). The van der Waals surface area contributed by atoms with Crippen LogP contribution in [0.1, 0.15) is 137 Å². The molecule has 5 aromatic rings. The summed E-state index contributed by atoms with van der Waals surface area (Å²) < 4.78 is 14.5. The number of carbonyl (C=O) groups is 2. The van der Waals surface area contributed by atoms with Crippen molar-refractivity contribution < 1.29 is 49.7 Å². The van der Waals surface area contributed by atoms with Gasteiger partial charge in [-0.15, -0.1) is 0 Å². The minimum Gasteiger partial charge on any atom is -0.507 e. The second-order valence-electron chi connectivity index (χ2n) is 21.8. The Balaban J connectivity index is 1.10. The Bertz CT molecular complexity index is 3150. The van der Waals surface area contributed by atoms with Crippen LogP contribution in [0.15, 0.2) is 66.3 Å². The molecule has 8 bridgehead atoms. The number of carbonyl (C=O) groups excluding carboxylic acids is 2. The van der Waals surface area contributed by atoms with Crippen molar-refractivity contribution in [3.05, 3.63) is 117 Å². The second kappa shape index (κ2) is 13.5. The molecule has 1 saturated heterocycles. The average molecular weight is 920 g/mol. The molecule has 68 heavy (non-hydrogen) atoms. The zero-order valence-corrected chi connectivity index (χ0v) is 37.6. The van der Waals surface area contributed by atoms with Crippen LogP contribution in [0.5, 0.6) is 11.5 Å². The third-order valence-corrected chi connectivity index (χ3v) is 18.5. The Morgan fingerprint density at radius 3 is 2.53 bits per heavy atom. The number of aryl methyl sites for hydroxylation is 1. The number of aromatic nitrogens is 4. The van der Waals surface area contributed by atoms with Crippen LogP contribution in [-0.2, 0) is 11.2 Å². The summed E-state index contributed by atoms with van der Waals surface area (Å²) in [7, 11) is 0. The molecule has 9 N–H and O–H groups in total. The molecule has 0 radical (unpaired) electrons. The maximum absolute atomic E-state index is 15.1. The quantitative estimate of drug-likeness (QED) is 0.104. The Kier molecular flexibility index (Phi) is 8.23. The zero-order chi connectivity index (χ0) is 46.4. The fraction of sp³-hybridized carbons (Fsp3) is 0.472. The topological polar surface area (TPSA) is 243 Å². The molecule has 6 aliphatic carbocycles. The SMILES string of the molecule is Cc1cc(O)c2c(c1)C(=O)c1c(c3cc4c(nccc14)NCC(O)C14CCCC1c1cc(Cc5cnc[nH]5)[nH]c1C1=CC5(O3)OC3(C1=C4CC1(CCC4(CCCC4)C1)C3O)C(O)C(O)C5O)C2=O. The van der Waals surface area contributed by atoms with E-state index in [1.807, 2.05) is 0 Å². The number of phenols is 1. The highest BCUT2D eigenvalue weighted by atomic mass is 16.7. The summed E-state index contributed by atoms with van der Waals surface area (Å²) in [4.78, 5) is 46.0. The number of pyridine rings is 1. The summed E-state index contributed by atoms with van der Waals surface area (Å²) in [5.74, 6) is -4.24. The van der Waals surface area contributed by atoms with Gasteiger partial charge in [-0.05, 0) is 128 Å². The molecule has 10 atom stereocenters. The van der Waals surface area contributed by atoms with Crippen LogP contribution in [0.25, 0.3) is 16.3 Å². The first-order valence-electron chi connectivity index (χ1n) is 24.3. The maximum Gasteiger partial charge on any atom is 0.261 e. The van der Waals surface area contributed by atoms with Crippen molar-refractivity contribution in [1.29, 1.82) is 0 Å². The highest BCUT2D eigenvalue weighted by Crippen LogP contribution is 2.73. The van der Waals surface area contributed by atoms with E-state index in [2.05, 4.69) is 26.3 Å². The molecule has 10 aliphatic rings. The van der Waals surface area contributed by atoms with Crippen molar-refractivity contribution in [2.75, 3.05) is 11.9 Å². The molecule has 15 rings (SSSR count). The number of phenolic OH excluding ortho intramolecular Hbond substituents is 1. The number of hydrogen-bond acceptors (Lipinski definition) is 13. The molecule has 3 aromatic heterocycles. The molecule has 10 unspecified atom stereocenters. The van der Waals surface area contributed by atoms with Crippen LogP contribution in [0.4, 0.5) is 5.82 Å². The second-order valence-corrected chi connectivity index (χ2v) is 21.8. The van der Waals surface area contributed by atoms with Crippen molar-refractivity contribution >= 4 is 33.7 Å². The number of aliphatic hydroxyl groups excluding tert-OH is 5. The van der Waals surface area contributed by atoms with E-state index in [1.165, 1.54) is 12.1 Å². The van der Waals surface area contributed by atoms with Gasteiger partial charge in [0.15, 0.2) is 17.5 Å². The van der Waals surface area contributed by atoms with Gasteiger partial charge in [0, 0.05) is 75.4 Å². The number of hydrogen-bond donors (Lipinski definition) is 9. The number of imidazole rings is 1. The number of nitrogens with zero attached hydrogens (tertiary/aromatic N) is 2. The van der Waals surface area contributed by atoms with Gasteiger partial charge in [0.05, 0.1) is 29.7 Å². The number of aliphatic hydroxyl groups is 5. The van der Waals surface area contributed by atoms with E-state index in [1.54, 1.807) is 43.9 Å². The van der Waals surface area contributed by atoms with Crippen molar-refractivity contribution in [2.45, 2.75) is 132 Å². The van der Waals surface area contributed by atoms with Crippen LogP contribution < -0.4 is 10.1 Å². The molecule has 350 valence electrons. The van der Waals surface area contributed by atoms with Gasteiger partial charge in [0.1, 0.15) is 29.5 Å². The van der Waals surface area contributed by atoms with E-state index in [0.717, 1.165) is 67.5 Å². The number of ketones is 2. The van der Waals surface area contributed by atoms with E-state index in [-0.39, 0.29) is 51.6 Å². The van der Waals surface area contributed by atoms with E-state index >= 15 is 4.79 Å². The van der Waals surface area contributed by atoms with Crippen LogP contribution in [0.3, 0.4) is 0 Å². The molecule has 7 heterocycles. The maximum atomic E-state index is 15.1. The number of nitrogens with one attached hydrogen (secondary N) is 3. The highest BCUT2D eigenvalue weighted by molar-refractivity contribution is 6.34. The fourth-order valence-corrected chi connectivity index (χ4v) is 15.8. The van der Waals surface area contributed by atoms with Crippen molar-refractivity contribution in [1.82, 2.24) is 19.9 Å². The molecule has 15 nitrogen and oxygen atoms in total. The van der Waals surface area contributed by atoms with Crippen LogP contribution in [0.2, 0.25) is 0 Å². The number of benzene rings is 2. The normalized spacial score (nSPS) is 35.8. The Hall–Kier alpha value is -5.68. The predicted molar refractivity (Wildman–Crippen MR) is 245 cm³/mol. The fourth-order valence-electron chi connectivity index (χ4n) is 15.8. The van der Waals surface area contributed by atoms with E-state index in [0.29, 0.717) is 71.1 Å². The third kappa shape index (κ3) is 4.99. The van der Waals surface area contributed by atoms with Gasteiger partial charge in [-0.3, -0.25) is 9.59 Å². The van der Waals surface area contributed by atoms with Crippen molar-refractivity contribution in [3.8, 4) is 11.5 Å². The summed E-state index contributed by atoms with van der Waals surface area (Å²) in [6, 6.07) is 8.30. The Morgan fingerprint density at radius 1 is 0.882 bits per heavy atom. The minimum atomic E-state index is -2.43. The summed E-state index contributed by atoms with van der Waals surface area (Å²) in [5.41, 5.74) is 1.23. The Labute approximate surface area is 390 Å². The third-order valence-electron chi connectivity index (χ3n) is 18.5. The molecule has 5 spiro atoms. The molecule has 0 amide bonds. The van der Waals surface area contributed by atoms with Crippen molar-refractivity contribution in [3.63, 3.8) is 0 Å². The largest absolute Gasteiger partial charge is 0.507 e. The summed E-state index contributed by atoms with van der Waals surface area (Å²) >= 11 is 0. The number of fused-ring (bicyclic) bond motifs is 7. The molecule has 3 saturated carbocycles. The molecular formula is C53H53N5O10. The van der Waals surface area contributed by atoms with Gasteiger partial charge in [0.25, 0.3) is 5.79 Å². The predicted octanol–water partition coefficient (Wildman–Crippen LogP) is 5.54. The first-order valence-corrected chi connectivity index (χ1v) is 24.3. The number of aromatic amines is 2. The molecule has 15 heteroatoms. The van der Waals surface area contributed by atoms with Gasteiger partial charge in [-0.1, -0.05) is 24.8 Å². The molecule has 2 aromatic carbocycles. The van der Waals surface area contributed by atoms with Gasteiger partial charge < -0.3 is 55.4 Å². The highest BCUT2D eigenvalue weighted by Gasteiger charge is 2.76. The van der Waals surface area contributed by atoms with Gasteiger partial charge in [-0.2, -0.15) is 0 Å². The first kappa shape index (κ1) is 41.3. The lowest BCUT2D eigenvalue weighted by atomic mass is 9.51. The lowest BCUT2D eigenvalue weighted by Crippen LogP contribution is -2.78. The smallest absolute Gasteiger partial charge is 0.261 e. The summed E-state index contributed by atoms with van der Waals surface area (Å²) in [6.45, 7) is 1.73. The van der Waals surface area contributed by atoms with Gasteiger partial charge in [-0.25, -0.2) is 9.97 Å². The number of H-pyrrole nitrogens is 2. The minimum absolute atomic E-state index is 0.0103. The van der Waals surface area contributed by atoms with Crippen LogP contribution in [-0.4, -0.2) is 111 Å². The molecule has 4 fully saturated rings.